The fourth-order valence-corrected chi connectivity index (χ4v) is 1.13. The molecule has 0 spiro atoms. The quantitative estimate of drug-likeness (QED) is 0.576. The summed E-state index contributed by atoms with van der Waals surface area (Å²) in [7, 11) is 0.972. The van der Waals surface area contributed by atoms with Crippen LogP contribution in [0.2, 0.25) is 0 Å². The van der Waals surface area contributed by atoms with Gasteiger partial charge < -0.3 is 8.85 Å². The first-order valence-corrected chi connectivity index (χ1v) is 4.79. The topological polar surface area (TPSA) is 18.5 Å². The standard InChI is InChI=1S/C7H18O2Si/c1-6(2)7(3,4)9-10-8-5/h6H,10H2,1-5H3. The van der Waals surface area contributed by atoms with Gasteiger partial charge >= 0.3 is 10.0 Å². The summed E-state index contributed by atoms with van der Waals surface area (Å²) in [6, 6.07) is 0. The van der Waals surface area contributed by atoms with Crippen molar-refractivity contribution in [1.29, 1.82) is 0 Å². The van der Waals surface area contributed by atoms with E-state index in [2.05, 4.69) is 27.7 Å². The lowest BCUT2D eigenvalue weighted by Gasteiger charge is -2.29. The van der Waals surface area contributed by atoms with Crippen molar-refractivity contribution in [1.82, 2.24) is 0 Å². The lowest BCUT2D eigenvalue weighted by molar-refractivity contribution is 0.0441. The normalized spacial score (nSPS) is 13.8. The molecule has 0 amide bonds. The minimum Gasteiger partial charge on any atom is -0.402 e. The largest absolute Gasteiger partial charge is 0.402 e. The molecule has 0 rings (SSSR count). The molecule has 0 N–H and O–H groups in total. The van der Waals surface area contributed by atoms with E-state index in [0.29, 0.717) is 5.92 Å². The predicted octanol–water partition coefficient (Wildman–Crippen LogP) is 1.08. The molecule has 0 aliphatic rings. The second-order valence-corrected chi connectivity index (χ2v) is 4.41. The summed E-state index contributed by atoms with van der Waals surface area (Å²) >= 11 is 0. The van der Waals surface area contributed by atoms with Gasteiger partial charge in [0, 0.05) is 7.11 Å². The Kier molecular flexibility index (Phi) is 4.16. The molecule has 0 fully saturated rings. The van der Waals surface area contributed by atoms with Gasteiger partial charge in [0.15, 0.2) is 0 Å². The maximum absolute atomic E-state index is 5.56. The van der Waals surface area contributed by atoms with Crippen molar-refractivity contribution >= 4 is 10.0 Å². The van der Waals surface area contributed by atoms with Gasteiger partial charge in [-0.05, 0) is 19.8 Å². The van der Waals surface area contributed by atoms with E-state index in [1.807, 2.05) is 0 Å². The summed E-state index contributed by atoms with van der Waals surface area (Å²) in [4.78, 5) is 0. The Labute approximate surface area is 66.0 Å². The van der Waals surface area contributed by atoms with Crippen LogP contribution in [0.1, 0.15) is 27.7 Å². The maximum atomic E-state index is 5.56. The van der Waals surface area contributed by atoms with E-state index in [4.69, 9.17) is 8.85 Å². The van der Waals surface area contributed by atoms with Crippen molar-refractivity contribution in [2.45, 2.75) is 33.3 Å². The Morgan fingerprint density at radius 1 is 1.30 bits per heavy atom. The molecule has 0 atom stereocenters. The zero-order chi connectivity index (χ0) is 8.20. The number of rotatable bonds is 4. The molecule has 0 aromatic heterocycles. The average molecular weight is 162 g/mol. The third-order valence-corrected chi connectivity index (χ3v) is 3.04. The van der Waals surface area contributed by atoms with Gasteiger partial charge in [0.05, 0.1) is 5.60 Å². The second kappa shape index (κ2) is 4.11. The van der Waals surface area contributed by atoms with Crippen LogP contribution in [0.15, 0.2) is 0 Å². The molecule has 0 heterocycles. The van der Waals surface area contributed by atoms with Crippen molar-refractivity contribution in [3.63, 3.8) is 0 Å². The predicted molar refractivity (Wildman–Crippen MR) is 45.6 cm³/mol. The molecule has 0 aromatic carbocycles. The first kappa shape index (κ1) is 10.1. The molecule has 0 aliphatic carbocycles. The highest BCUT2D eigenvalue weighted by atomic mass is 28.3. The molecule has 3 heteroatoms. The van der Waals surface area contributed by atoms with E-state index in [-0.39, 0.29) is 5.60 Å². The minimum atomic E-state index is -0.725. The first-order valence-electron chi connectivity index (χ1n) is 3.63. The Balaban J connectivity index is 3.63. The average Bonchev–Trinajstić information content (AvgIpc) is 1.84. The van der Waals surface area contributed by atoms with Gasteiger partial charge in [0.2, 0.25) is 0 Å². The Morgan fingerprint density at radius 2 is 1.80 bits per heavy atom. The lowest BCUT2D eigenvalue weighted by Crippen LogP contribution is -2.32. The highest BCUT2D eigenvalue weighted by Gasteiger charge is 2.21. The van der Waals surface area contributed by atoms with Crippen LogP contribution in [0.4, 0.5) is 0 Å². The summed E-state index contributed by atoms with van der Waals surface area (Å²) in [6.45, 7) is 8.52. The molecule has 62 valence electrons. The van der Waals surface area contributed by atoms with Crippen molar-refractivity contribution < 1.29 is 8.85 Å². The van der Waals surface area contributed by atoms with E-state index in [9.17, 15) is 0 Å². The molecular formula is C7H18O2Si. The number of hydrogen-bond acceptors (Lipinski definition) is 2. The van der Waals surface area contributed by atoms with Gasteiger partial charge in [-0.2, -0.15) is 0 Å². The molecule has 0 saturated heterocycles. The summed E-state index contributed by atoms with van der Waals surface area (Å²) < 4.78 is 10.5. The van der Waals surface area contributed by atoms with Crippen LogP contribution < -0.4 is 0 Å². The van der Waals surface area contributed by atoms with E-state index < -0.39 is 10.0 Å². The van der Waals surface area contributed by atoms with Gasteiger partial charge in [-0.15, -0.1) is 0 Å². The monoisotopic (exact) mass is 162 g/mol. The second-order valence-electron chi connectivity index (χ2n) is 3.31. The molecule has 0 radical (unpaired) electrons. The minimum absolute atomic E-state index is 0.0117. The molecule has 0 aromatic rings. The van der Waals surface area contributed by atoms with Crippen molar-refractivity contribution in [2.75, 3.05) is 7.11 Å². The molecule has 2 nitrogen and oxygen atoms in total. The Bertz CT molecular complexity index is 91.6. The lowest BCUT2D eigenvalue weighted by atomic mass is 9.95. The van der Waals surface area contributed by atoms with Gasteiger partial charge in [-0.25, -0.2) is 0 Å². The fourth-order valence-electron chi connectivity index (χ4n) is 0.377. The van der Waals surface area contributed by atoms with Gasteiger partial charge in [0.1, 0.15) is 0 Å². The molecule has 0 unspecified atom stereocenters. The van der Waals surface area contributed by atoms with E-state index >= 15 is 0 Å². The summed E-state index contributed by atoms with van der Waals surface area (Å²) in [6.07, 6.45) is 0. The highest BCUT2D eigenvalue weighted by Crippen LogP contribution is 2.19. The zero-order valence-corrected chi connectivity index (χ0v) is 9.02. The van der Waals surface area contributed by atoms with Crippen LogP contribution in [0.25, 0.3) is 0 Å². The smallest absolute Gasteiger partial charge is 0.304 e. The highest BCUT2D eigenvalue weighted by molar-refractivity contribution is 6.18. The van der Waals surface area contributed by atoms with Crippen molar-refractivity contribution in [3.05, 3.63) is 0 Å². The Morgan fingerprint density at radius 3 is 2.10 bits per heavy atom. The molecule has 0 bridgehead atoms. The van der Waals surface area contributed by atoms with Crippen LogP contribution in [0.3, 0.4) is 0 Å². The SMILES string of the molecule is CO[SiH2]OC(C)(C)C(C)C. The van der Waals surface area contributed by atoms with Crippen LogP contribution in [-0.2, 0) is 8.85 Å². The molecule has 0 aliphatic heterocycles. The molecule has 0 saturated carbocycles. The summed E-state index contributed by atoms with van der Waals surface area (Å²) in [5, 5.41) is 0. The molecular weight excluding hydrogens is 144 g/mol. The van der Waals surface area contributed by atoms with Crippen LogP contribution in [-0.4, -0.2) is 22.7 Å². The summed E-state index contributed by atoms with van der Waals surface area (Å²) in [5.74, 6) is 0.551. The van der Waals surface area contributed by atoms with E-state index in [1.54, 1.807) is 7.11 Å². The van der Waals surface area contributed by atoms with Gasteiger partial charge in [-0.1, -0.05) is 13.8 Å². The van der Waals surface area contributed by atoms with Crippen molar-refractivity contribution in [2.24, 2.45) is 5.92 Å². The molecule has 10 heavy (non-hydrogen) atoms. The van der Waals surface area contributed by atoms with E-state index in [0.717, 1.165) is 0 Å². The van der Waals surface area contributed by atoms with Gasteiger partial charge in [-0.3, -0.25) is 0 Å². The third kappa shape index (κ3) is 3.34. The fraction of sp³-hybridized carbons (Fsp3) is 1.00. The zero-order valence-electron chi connectivity index (χ0n) is 7.60. The van der Waals surface area contributed by atoms with Gasteiger partial charge in [0.25, 0.3) is 0 Å². The van der Waals surface area contributed by atoms with Crippen molar-refractivity contribution in [3.8, 4) is 0 Å². The van der Waals surface area contributed by atoms with E-state index in [1.165, 1.54) is 0 Å². The van der Waals surface area contributed by atoms with Crippen LogP contribution in [0.5, 0.6) is 0 Å². The van der Waals surface area contributed by atoms with Crippen LogP contribution >= 0.6 is 0 Å². The van der Waals surface area contributed by atoms with Crippen LogP contribution in [0, 0.1) is 5.92 Å². The summed E-state index contributed by atoms with van der Waals surface area (Å²) in [5.41, 5.74) is -0.0117. The first-order chi connectivity index (χ1) is 4.50. The third-order valence-electron chi connectivity index (χ3n) is 1.94. The maximum Gasteiger partial charge on any atom is 0.304 e. The Hall–Kier alpha value is 0.137. The number of hydrogen-bond donors (Lipinski definition) is 0.